The predicted molar refractivity (Wildman–Crippen MR) is 74.8 cm³/mol. The summed E-state index contributed by atoms with van der Waals surface area (Å²) in [5.41, 5.74) is 6.40. The van der Waals surface area contributed by atoms with E-state index in [1.165, 1.54) is 6.07 Å². The molecule has 1 aliphatic rings. The molecule has 3 nitrogen and oxygen atoms in total. The monoisotopic (exact) mass is 286 g/mol. The van der Waals surface area contributed by atoms with Crippen LogP contribution in [0.5, 0.6) is 0 Å². The number of likely N-dealkylation sites (N-methyl/N-ethyl adjacent to an activating group) is 1. The fraction of sp³-hybridized carbons (Fsp3) is 0.571. The second kappa shape index (κ2) is 6.18. The average molecular weight is 287 g/mol. The van der Waals surface area contributed by atoms with Crippen molar-refractivity contribution in [3.8, 4) is 0 Å². The van der Waals surface area contributed by atoms with Gasteiger partial charge in [-0.3, -0.25) is 4.90 Å². The topological polar surface area (TPSA) is 38.5 Å². The molecule has 0 amide bonds. The zero-order valence-electron chi connectivity index (χ0n) is 11.3. The molecule has 5 heteroatoms. The molecule has 0 aliphatic carbocycles. The number of hydrogen-bond acceptors (Lipinski definition) is 3. The number of ether oxygens (including phenoxy) is 1. The molecule has 2 N–H and O–H groups in total. The van der Waals surface area contributed by atoms with Crippen molar-refractivity contribution in [2.45, 2.75) is 31.5 Å². The van der Waals surface area contributed by atoms with E-state index in [4.69, 9.17) is 22.1 Å². The van der Waals surface area contributed by atoms with Crippen molar-refractivity contribution in [3.63, 3.8) is 0 Å². The summed E-state index contributed by atoms with van der Waals surface area (Å²) in [6.07, 6.45) is 1.08. The minimum atomic E-state index is -0.265. The summed E-state index contributed by atoms with van der Waals surface area (Å²) in [5.74, 6) is -0.265. The first-order chi connectivity index (χ1) is 9.04. The molecule has 0 bridgehead atoms. The van der Waals surface area contributed by atoms with Crippen LogP contribution >= 0.6 is 11.6 Å². The summed E-state index contributed by atoms with van der Waals surface area (Å²) in [4.78, 5) is 2.10. The molecular weight excluding hydrogens is 267 g/mol. The lowest BCUT2D eigenvalue weighted by Crippen LogP contribution is -2.42. The molecule has 1 saturated heterocycles. The first kappa shape index (κ1) is 14.7. The highest BCUT2D eigenvalue weighted by Gasteiger charge is 2.32. The molecule has 1 fully saturated rings. The van der Waals surface area contributed by atoms with Crippen LogP contribution in [0.3, 0.4) is 0 Å². The van der Waals surface area contributed by atoms with E-state index >= 15 is 0 Å². The van der Waals surface area contributed by atoms with E-state index in [0.717, 1.165) is 13.0 Å². The van der Waals surface area contributed by atoms with Crippen molar-refractivity contribution in [2.75, 3.05) is 20.2 Å². The van der Waals surface area contributed by atoms with Gasteiger partial charge in [-0.1, -0.05) is 11.6 Å². The van der Waals surface area contributed by atoms with Gasteiger partial charge in [-0.05, 0) is 38.6 Å². The minimum absolute atomic E-state index is 0.140. The Morgan fingerprint density at radius 3 is 2.89 bits per heavy atom. The van der Waals surface area contributed by atoms with Crippen LogP contribution in [0.2, 0.25) is 5.02 Å². The molecule has 106 valence electrons. The SMILES string of the molecule is CC1OCCC1N(C)C(CN)c1cc(Cl)ccc1F. The standard InChI is InChI=1S/C14H20ClFN2O/c1-9-13(5-6-19-9)18(2)14(8-17)11-7-10(15)3-4-12(11)16/h3-4,7,9,13-14H,5-6,8,17H2,1-2H3. The van der Waals surface area contributed by atoms with Crippen LogP contribution in [-0.4, -0.2) is 37.2 Å². The molecular formula is C14H20ClFN2O. The van der Waals surface area contributed by atoms with Crippen LogP contribution in [0.1, 0.15) is 24.9 Å². The average Bonchev–Trinajstić information content (AvgIpc) is 2.80. The van der Waals surface area contributed by atoms with Crippen LogP contribution in [0.15, 0.2) is 18.2 Å². The summed E-state index contributed by atoms with van der Waals surface area (Å²) in [6.45, 7) is 3.12. The smallest absolute Gasteiger partial charge is 0.128 e. The van der Waals surface area contributed by atoms with E-state index in [1.807, 2.05) is 14.0 Å². The van der Waals surface area contributed by atoms with Crippen molar-refractivity contribution < 1.29 is 9.13 Å². The van der Waals surface area contributed by atoms with Gasteiger partial charge in [-0.2, -0.15) is 0 Å². The Morgan fingerprint density at radius 2 is 2.32 bits per heavy atom. The van der Waals surface area contributed by atoms with Gasteiger partial charge in [0.2, 0.25) is 0 Å². The van der Waals surface area contributed by atoms with Gasteiger partial charge in [0, 0.05) is 29.8 Å². The van der Waals surface area contributed by atoms with E-state index < -0.39 is 0 Å². The third kappa shape index (κ3) is 3.08. The molecule has 1 aliphatic heterocycles. The van der Waals surface area contributed by atoms with Crippen LogP contribution in [0.4, 0.5) is 4.39 Å². The Hall–Kier alpha value is -0.680. The maximum absolute atomic E-state index is 14.0. The molecule has 0 radical (unpaired) electrons. The number of rotatable bonds is 4. The summed E-state index contributed by atoms with van der Waals surface area (Å²) < 4.78 is 19.5. The summed E-state index contributed by atoms with van der Waals surface area (Å²) >= 11 is 5.96. The maximum atomic E-state index is 14.0. The van der Waals surface area contributed by atoms with E-state index in [0.29, 0.717) is 17.1 Å². The van der Waals surface area contributed by atoms with Gasteiger partial charge in [-0.25, -0.2) is 4.39 Å². The predicted octanol–water partition coefficient (Wildman–Crippen LogP) is 2.59. The highest BCUT2D eigenvalue weighted by Crippen LogP contribution is 2.29. The van der Waals surface area contributed by atoms with Crippen LogP contribution < -0.4 is 5.73 Å². The largest absolute Gasteiger partial charge is 0.377 e. The van der Waals surface area contributed by atoms with Gasteiger partial charge in [0.25, 0.3) is 0 Å². The van der Waals surface area contributed by atoms with Gasteiger partial charge in [0.05, 0.1) is 12.1 Å². The van der Waals surface area contributed by atoms with E-state index in [-0.39, 0.29) is 24.0 Å². The van der Waals surface area contributed by atoms with Gasteiger partial charge < -0.3 is 10.5 Å². The lowest BCUT2D eigenvalue weighted by molar-refractivity contribution is 0.0679. The second-order valence-corrected chi connectivity index (χ2v) is 5.45. The molecule has 1 heterocycles. The van der Waals surface area contributed by atoms with Gasteiger partial charge in [-0.15, -0.1) is 0 Å². The Balaban J connectivity index is 2.26. The number of benzene rings is 1. The lowest BCUT2D eigenvalue weighted by Gasteiger charge is -2.34. The van der Waals surface area contributed by atoms with Crippen molar-refractivity contribution in [2.24, 2.45) is 5.73 Å². The zero-order valence-corrected chi connectivity index (χ0v) is 12.0. The number of nitrogens with two attached hydrogens (primary N) is 1. The van der Waals surface area contributed by atoms with Gasteiger partial charge in [0.1, 0.15) is 5.82 Å². The van der Waals surface area contributed by atoms with E-state index in [2.05, 4.69) is 4.90 Å². The quantitative estimate of drug-likeness (QED) is 0.925. The zero-order chi connectivity index (χ0) is 14.0. The lowest BCUT2D eigenvalue weighted by atomic mass is 10.0. The first-order valence-electron chi connectivity index (χ1n) is 6.53. The fourth-order valence-corrected chi connectivity index (χ4v) is 2.95. The van der Waals surface area contributed by atoms with Crippen LogP contribution in [-0.2, 0) is 4.74 Å². The second-order valence-electron chi connectivity index (χ2n) is 5.01. The third-order valence-electron chi connectivity index (χ3n) is 3.89. The molecule has 0 aromatic heterocycles. The van der Waals surface area contributed by atoms with Crippen molar-refractivity contribution in [1.82, 2.24) is 4.90 Å². The number of hydrogen-bond donors (Lipinski definition) is 1. The highest BCUT2D eigenvalue weighted by atomic mass is 35.5. The minimum Gasteiger partial charge on any atom is -0.377 e. The molecule has 1 aromatic carbocycles. The maximum Gasteiger partial charge on any atom is 0.128 e. The van der Waals surface area contributed by atoms with Crippen molar-refractivity contribution in [1.29, 1.82) is 0 Å². The van der Waals surface area contributed by atoms with Crippen LogP contribution in [0, 0.1) is 5.82 Å². The summed E-state index contributed by atoms with van der Waals surface area (Å²) in [5, 5.41) is 0.527. The molecule has 1 aromatic rings. The van der Waals surface area contributed by atoms with Crippen molar-refractivity contribution in [3.05, 3.63) is 34.6 Å². The van der Waals surface area contributed by atoms with Gasteiger partial charge in [0.15, 0.2) is 0 Å². The van der Waals surface area contributed by atoms with E-state index in [9.17, 15) is 4.39 Å². The molecule has 0 spiro atoms. The Labute approximate surface area is 118 Å². The number of nitrogens with zero attached hydrogens (tertiary/aromatic N) is 1. The highest BCUT2D eigenvalue weighted by molar-refractivity contribution is 6.30. The normalized spacial score (nSPS) is 24.9. The molecule has 3 unspecified atom stereocenters. The first-order valence-corrected chi connectivity index (χ1v) is 6.91. The number of halogens is 2. The van der Waals surface area contributed by atoms with Crippen molar-refractivity contribution >= 4 is 11.6 Å². The fourth-order valence-electron chi connectivity index (χ4n) is 2.77. The Bertz CT molecular complexity index is 443. The summed E-state index contributed by atoms with van der Waals surface area (Å²) in [7, 11) is 1.97. The molecule has 0 saturated carbocycles. The summed E-state index contributed by atoms with van der Waals surface area (Å²) in [6, 6.07) is 4.67. The third-order valence-corrected chi connectivity index (χ3v) is 4.13. The van der Waals surface area contributed by atoms with Crippen LogP contribution in [0.25, 0.3) is 0 Å². The van der Waals surface area contributed by atoms with E-state index in [1.54, 1.807) is 12.1 Å². The molecule has 19 heavy (non-hydrogen) atoms. The van der Waals surface area contributed by atoms with Gasteiger partial charge >= 0.3 is 0 Å². The Kier molecular flexibility index (Phi) is 4.79. The molecule has 3 atom stereocenters. The Morgan fingerprint density at radius 1 is 1.58 bits per heavy atom. The molecule has 2 rings (SSSR count).